The minimum atomic E-state index is 0.248. The number of methoxy groups -OCH3 is 1. The van der Waals surface area contributed by atoms with Crippen LogP contribution in [0.2, 0.25) is 0 Å². The van der Waals surface area contributed by atoms with Gasteiger partial charge in [0.2, 0.25) is 11.8 Å². The second-order valence-electron chi connectivity index (χ2n) is 6.43. The maximum absolute atomic E-state index is 5.98. The zero-order chi connectivity index (χ0) is 17.6. The van der Waals surface area contributed by atoms with Crippen LogP contribution >= 0.6 is 0 Å². The van der Waals surface area contributed by atoms with Gasteiger partial charge in [-0.25, -0.2) is 4.98 Å². The van der Waals surface area contributed by atoms with Gasteiger partial charge in [-0.15, -0.1) is 0 Å². The molecule has 0 spiro atoms. The number of nitrogens with zero attached hydrogens (tertiary/aromatic N) is 3. The minimum absolute atomic E-state index is 0.248. The van der Waals surface area contributed by atoms with Crippen molar-refractivity contribution in [3.63, 3.8) is 0 Å². The first-order chi connectivity index (χ1) is 12.1. The molecular weight excluding hydrogens is 314 g/mol. The molecule has 0 aliphatic heterocycles. The van der Waals surface area contributed by atoms with Crippen LogP contribution in [-0.4, -0.2) is 23.0 Å². The van der Waals surface area contributed by atoms with Gasteiger partial charge in [0, 0.05) is 17.4 Å². The Labute approximate surface area is 148 Å². The SMILES string of the molecule is COc1cc(C)nc(N=C(N)Nc2ccc(C3CCCCC3)cc2)n1. The van der Waals surface area contributed by atoms with Crippen molar-refractivity contribution < 1.29 is 4.74 Å². The van der Waals surface area contributed by atoms with Gasteiger partial charge >= 0.3 is 0 Å². The minimum Gasteiger partial charge on any atom is -0.481 e. The molecule has 0 radical (unpaired) electrons. The van der Waals surface area contributed by atoms with Crippen LogP contribution in [0.1, 0.15) is 49.3 Å². The lowest BCUT2D eigenvalue weighted by molar-refractivity contribution is 0.397. The molecule has 1 aliphatic rings. The maximum Gasteiger partial charge on any atom is 0.256 e. The summed E-state index contributed by atoms with van der Waals surface area (Å²) in [6.45, 7) is 1.86. The standard InChI is InChI=1S/C19H25N5O/c1-13-12-17(25-2)23-19(21-13)24-18(20)22-16-10-8-15(9-11-16)14-6-4-3-5-7-14/h8-12,14H,3-7H2,1-2H3,(H3,20,21,22,23,24). The van der Waals surface area contributed by atoms with Crippen molar-refractivity contribution in [3.8, 4) is 5.88 Å². The van der Waals surface area contributed by atoms with E-state index in [1.165, 1.54) is 37.7 Å². The molecule has 1 saturated carbocycles. The molecule has 1 aromatic carbocycles. The average Bonchev–Trinajstić information content (AvgIpc) is 2.62. The van der Waals surface area contributed by atoms with Crippen molar-refractivity contribution in [2.45, 2.75) is 44.9 Å². The van der Waals surface area contributed by atoms with Gasteiger partial charge in [-0.3, -0.25) is 0 Å². The summed E-state index contributed by atoms with van der Waals surface area (Å²) in [5.41, 5.74) is 9.06. The van der Waals surface area contributed by atoms with Crippen molar-refractivity contribution in [2.24, 2.45) is 10.7 Å². The smallest absolute Gasteiger partial charge is 0.256 e. The van der Waals surface area contributed by atoms with Crippen LogP contribution in [0.4, 0.5) is 11.6 Å². The summed E-state index contributed by atoms with van der Waals surface area (Å²) in [4.78, 5) is 12.6. The Morgan fingerprint density at radius 3 is 2.56 bits per heavy atom. The number of hydrogen-bond acceptors (Lipinski definition) is 4. The molecule has 1 aliphatic carbocycles. The fourth-order valence-corrected chi connectivity index (χ4v) is 3.24. The van der Waals surface area contributed by atoms with E-state index in [1.54, 1.807) is 13.2 Å². The van der Waals surface area contributed by atoms with E-state index in [2.05, 4.69) is 32.4 Å². The molecule has 0 bridgehead atoms. The van der Waals surface area contributed by atoms with E-state index in [9.17, 15) is 0 Å². The quantitative estimate of drug-likeness (QED) is 0.652. The number of aryl methyl sites for hydroxylation is 1. The van der Waals surface area contributed by atoms with Crippen LogP contribution in [0, 0.1) is 6.92 Å². The highest BCUT2D eigenvalue weighted by Crippen LogP contribution is 2.32. The van der Waals surface area contributed by atoms with Gasteiger partial charge in [-0.1, -0.05) is 31.4 Å². The third-order valence-corrected chi connectivity index (χ3v) is 4.51. The molecule has 25 heavy (non-hydrogen) atoms. The summed E-state index contributed by atoms with van der Waals surface area (Å²) < 4.78 is 5.12. The molecule has 3 N–H and O–H groups in total. The molecule has 0 amide bonds. The number of aliphatic imine (C=N–C) groups is 1. The number of anilines is 1. The summed E-state index contributed by atoms with van der Waals surface area (Å²) in [7, 11) is 1.56. The van der Waals surface area contributed by atoms with Crippen molar-refractivity contribution in [3.05, 3.63) is 41.6 Å². The Morgan fingerprint density at radius 1 is 1.16 bits per heavy atom. The lowest BCUT2D eigenvalue weighted by Gasteiger charge is -2.22. The third kappa shape index (κ3) is 4.68. The predicted octanol–water partition coefficient (Wildman–Crippen LogP) is 3.90. The van der Waals surface area contributed by atoms with E-state index in [1.807, 2.05) is 19.1 Å². The summed E-state index contributed by atoms with van der Waals surface area (Å²) in [6.07, 6.45) is 6.63. The summed E-state index contributed by atoms with van der Waals surface area (Å²) in [6, 6.07) is 10.2. The van der Waals surface area contributed by atoms with Crippen LogP contribution in [-0.2, 0) is 0 Å². The number of benzene rings is 1. The number of ether oxygens (including phenoxy) is 1. The van der Waals surface area contributed by atoms with Gasteiger partial charge in [-0.05, 0) is 43.4 Å². The molecule has 1 aromatic heterocycles. The zero-order valence-corrected chi connectivity index (χ0v) is 14.8. The normalized spacial score (nSPS) is 15.8. The molecule has 6 heteroatoms. The average molecular weight is 339 g/mol. The van der Waals surface area contributed by atoms with Gasteiger partial charge in [0.05, 0.1) is 7.11 Å². The van der Waals surface area contributed by atoms with Crippen molar-refractivity contribution in [1.29, 1.82) is 0 Å². The molecule has 132 valence electrons. The molecule has 1 fully saturated rings. The van der Waals surface area contributed by atoms with E-state index >= 15 is 0 Å². The molecule has 0 atom stereocenters. The summed E-state index contributed by atoms with van der Waals surface area (Å²) in [5, 5.41) is 3.08. The molecule has 1 heterocycles. The first-order valence-corrected chi connectivity index (χ1v) is 8.75. The molecule has 0 unspecified atom stereocenters. The molecular formula is C19H25N5O. The highest BCUT2D eigenvalue weighted by Gasteiger charge is 2.15. The fourth-order valence-electron chi connectivity index (χ4n) is 3.24. The van der Waals surface area contributed by atoms with Gasteiger partial charge in [0.1, 0.15) is 0 Å². The van der Waals surface area contributed by atoms with Gasteiger partial charge in [-0.2, -0.15) is 9.98 Å². The Hall–Kier alpha value is -2.63. The Balaban J connectivity index is 1.68. The summed E-state index contributed by atoms with van der Waals surface area (Å²) in [5.74, 6) is 1.69. The first-order valence-electron chi connectivity index (χ1n) is 8.75. The molecule has 0 saturated heterocycles. The van der Waals surface area contributed by atoms with Gasteiger partial charge in [0.15, 0.2) is 0 Å². The van der Waals surface area contributed by atoms with Crippen LogP contribution in [0.3, 0.4) is 0 Å². The highest BCUT2D eigenvalue weighted by atomic mass is 16.5. The number of hydrogen-bond donors (Lipinski definition) is 2. The van der Waals surface area contributed by atoms with Gasteiger partial charge < -0.3 is 15.8 Å². The lowest BCUT2D eigenvalue weighted by atomic mass is 9.84. The molecule has 6 nitrogen and oxygen atoms in total. The van der Waals surface area contributed by atoms with E-state index in [0.717, 1.165) is 11.4 Å². The Kier molecular flexibility index (Phi) is 5.48. The number of nitrogens with two attached hydrogens (primary N) is 1. The monoisotopic (exact) mass is 339 g/mol. The largest absolute Gasteiger partial charge is 0.481 e. The number of rotatable bonds is 4. The third-order valence-electron chi connectivity index (χ3n) is 4.51. The van der Waals surface area contributed by atoms with E-state index in [4.69, 9.17) is 10.5 Å². The van der Waals surface area contributed by atoms with Crippen LogP contribution < -0.4 is 15.8 Å². The molecule has 3 rings (SSSR count). The van der Waals surface area contributed by atoms with E-state index in [-0.39, 0.29) is 11.9 Å². The summed E-state index contributed by atoms with van der Waals surface area (Å²) >= 11 is 0. The van der Waals surface area contributed by atoms with E-state index < -0.39 is 0 Å². The van der Waals surface area contributed by atoms with Gasteiger partial charge in [0.25, 0.3) is 5.95 Å². The zero-order valence-electron chi connectivity index (χ0n) is 14.8. The first kappa shape index (κ1) is 17.2. The highest BCUT2D eigenvalue weighted by molar-refractivity contribution is 5.93. The number of guanidine groups is 1. The second kappa shape index (κ2) is 7.96. The fraction of sp³-hybridized carbons (Fsp3) is 0.421. The Bertz CT molecular complexity index is 736. The van der Waals surface area contributed by atoms with Crippen molar-refractivity contribution >= 4 is 17.6 Å². The van der Waals surface area contributed by atoms with Crippen molar-refractivity contribution in [1.82, 2.24) is 9.97 Å². The number of nitrogens with one attached hydrogen (secondary N) is 1. The van der Waals surface area contributed by atoms with Crippen LogP contribution in [0.5, 0.6) is 5.88 Å². The second-order valence-corrected chi connectivity index (χ2v) is 6.43. The van der Waals surface area contributed by atoms with Crippen molar-refractivity contribution in [2.75, 3.05) is 12.4 Å². The Morgan fingerprint density at radius 2 is 1.88 bits per heavy atom. The maximum atomic E-state index is 5.98. The predicted molar refractivity (Wildman–Crippen MR) is 100 cm³/mol. The van der Waals surface area contributed by atoms with E-state index in [0.29, 0.717) is 11.8 Å². The number of aromatic nitrogens is 2. The molecule has 2 aromatic rings. The van der Waals surface area contributed by atoms with Crippen LogP contribution in [0.25, 0.3) is 0 Å². The van der Waals surface area contributed by atoms with Crippen LogP contribution in [0.15, 0.2) is 35.3 Å². The lowest BCUT2D eigenvalue weighted by Crippen LogP contribution is -2.22. The topological polar surface area (TPSA) is 85.4 Å².